The molecule has 0 aliphatic carbocycles. The number of ether oxygens (including phenoxy) is 1. The van der Waals surface area contributed by atoms with Gasteiger partial charge in [-0.1, -0.05) is 0 Å². The molecule has 22 heavy (non-hydrogen) atoms. The van der Waals surface area contributed by atoms with E-state index >= 15 is 0 Å². The Kier molecular flexibility index (Phi) is 4.90. The van der Waals surface area contributed by atoms with Gasteiger partial charge in [0.15, 0.2) is 6.61 Å². The van der Waals surface area contributed by atoms with E-state index in [0.29, 0.717) is 16.1 Å². The fraction of sp³-hybridized carbons (Fsp3) is 0.133. The third kappa shape index (κ3) is 3.92. The van der Waals surface area contributed by atoms with Crippen LogP contribution in [0.25, 0.3) is 0 Å². The lowest BCUT2D eigenvalue weighted by atomic mass is 10.2. The second-order valence-electron chi connectivity index (χ2n) is 4.50. The number of rotatable bonds is 5. The number of benzene rings is 1. The first-order valence-corrected chi connectivity index (χ1v) is 7.26. The molecule has 0 radical (unpaired) electrons. The Bertz CT molecular complexity index is 707. The van der Waals surface area contributed by atoms with Crippen molar-refractivity contribution in [1.29, 1.82) is 0 Å². The van der Waals surface area contributed by atoms with E-state index in [9.17, 15) is 14.4 Å². The Morgan fingerprint density at radius 3 is 2.41 bits per heavy atom. The highest BCUT2D eigenvalue weighted by Gasteiger charge is 2.14. The normalized spacial score (nSPS) is 10.0. The number of carbonyl (C=O) groups excluding carboxylic acids is 3. The number of thiophene rings is 1. The second kappa shape index (κ2) is 6.86. The molecule has 0 spiro atoms. The molecule has 1 aromatic carbocycles. The van der Waals surface area contributed by atoms with E-state index in [2.05, 4.69) is 5.32 Å². The number of nitrogens with two attached hydrogens (primary N) is 1. The average molecular weight is 318 g/mol. The molecular formula is C15H14N2O4S. The summed E-state index contributed by atoms with van der Waals surface area (Å²) in [7, 11) is 0. The molecule has 1 aromatic heterocycles. The van der Waals surface area contributed by atoms with Crippen molar-refractivity contribution in [3.05, 3.63) is 51.7 Å². The lowest BCUT2D eigenvalue weighted by molar-refractivity contribution is -0.119. The van der Waals surface area contributed by atoms with Crippen LogP contribution in [0.1, 0.15) is 25.6 Å². The summed E-state index contributed by atoms with van der Waals surface area (Å²) in [5.74, 6) is -1.53. The summed E-state index contributed by atoms with van der Waals surface area (Å²) in [6.45, 7) is 1.42. The lowest BCUT2D eigenvalue weighted by Crippen LogP contribution is -2.21. The van der Waals surface area contributed by atoms with Crippen molar-refractivity contribution in [3.63, 3.8) is 0 Å². The van der Waals surface area contributed by atoms with Crippen molar-refractivity contribution in [3.8, 4) is 0 Å². The summed E-state index contributed by atoms with van der Waals surface area (Å²) in [5, 5.41) is 4.34. The highest BCUT2D eigenvalue weighted by atomic mass is 32.1. The molecule has 2 rings (SSSR count). The Morgan fingerprint density at radius 1 is 1.18 bits per heavy atom. The lowest BCUT2D eigenvalue weighted by Gasteiger charge is -2.06. The van der Waals surface area contributed by atoms with Crippen LogP contribution in [0.4, 0.5) is 5.69 Å². The SMILES string of the molecule is Cc1ccsc1C(=O)OCC(=O)Nc1ccc(C(N)=O)cc1. The first-order valence-electron chi connectivity index (χ1n) is 6.38. The molecule has 3 N–H and O–H groups in total. The van der Waals surface area contributed by atoms with Gasteiger partial charge in [0.25, 0.3) is 5.91 Å². The third-order valence-electron chi connectivity index (χ3n) is 2.84. The van der Waals surface area contributed by atoms with Gasteiger partial charge in [-0.15, -0.1) is 11.3 Å². The maximum Gasteiger partial charge on any atom is 0.349 e. The highest BCUT2D eigenvalue weighted by Crippen LogP contribution is 2.16. The number of carbonyl (C=O) groups is 3. The minimum absolute atomic E-state index is 0.345. The van der Waals surface area contributed by atoms with Gasteiger partial charge in [-0.25, -0.2) is 4.79 Å². The van der Waals surface area contributed by atoms with Gasteiger partial charge in [-0.3, -0.25) is 9.59 Å². The highest BCUT2D eigenvalue weighted by molar-refractivity contribution is 7.12. The molecule has 0 fully saturated rings. The third-order valence-corrected chi connectivity index (χ3v) is 3.83. The molecule has 2 aromatic rings. The molecule has 0 atom stereocenters. The van der Waals surface area contributed by atoms with E-state index in [1.54, 1.807) is 24.4 Å². The van der Waals surface area contributed by atoms with E-state index in [0.717, 1.165) is 5.56 Å². The quantitative estimate of drug-likeness (QED) is 0.823. The van der Waals surface area contributed by atoms with Crippen molar-refractivity contribution in [2.45, 2.75) is 6.92 Å². The Hall–Kier alpha value is -2.67. The van der Waals surface area contributed by atoms with E-state index < -0.39 is 17.8 Å². The molecule has 0 unspecified atom stereocenters. The van der Waals surface area contributed by atoms with Crippen molar-refractivity contribution >= 4 is 34.8 Å². The summed E-state index contributed by atoms with van der Waals surface area (Å²) in [5.41, 5.74) is 6.77. The fourth-order valence-corrected chi connectivity index (χ4v) is 2.51. The molecular weight excluding hydrogens is 304 g/mol. The van der Waals surface area contributed by atoms with Crippen LogP contribution in [0.5, 0.6) is 0 Å². The first kappa shape index (κ1) is 15.7. The van der Waals surface area contributed by atoms with Gasteiger partial charge in [0.1, 0.15) is 4.88 Å². The monoisotopic (exact) mass is 318 g/mol. The van der Waals surface area contributed by atoms with Crippen LogP contribution in [0.3, 0.4) is 0 Å². The summed E-state index contributed by atoms with van der Waals surface area (Å²) in [6, 6.07) is 7.89. The number of esters is 1. The molecule has 7 heteroatoms. The van der Waals surface area contributed by atoms with Crippen molar-refractivity contribution < 1.29 is 19.1 Å². The van der Waals surface area contributed by atoms with Gasteiger partial charge < -0.3 is 15.8 Å². The molecule has 0 bridgehead atoms. The molecule has 0 saturated carbocycles. The molecule has 1 heterocycles. The summed E-state index contributed by atoms with van der Waals surface area (Å²) >= 11 is 1.27. The number of hydrogen-bond donors (Lipinski definition) is 2. The zero-order chi connectivity index (χ0) is 16.1. The van der Waals surface area contributed by atoms with Crippen LogP contribution in [0.15, 0.2) is 35.7 Å². The zero-order valence-electron chi connectivity index (χ0n) is 11.8. The van der Waals surface area contributed by atoms with Crippen LogP contribution in [-0.2, 0) is 9.53 Å². The van der Waals surface area contributed by atoms with Crippen LogP contribution in [-0.4, -0.2) is 24.4 Å². The van der Waals surface area contributed by atoms with Gasteiger partial charge in [0, 0.05) is 11.3 Å². The maximum absolute atomic E-state index is 11.8. The van der Waals surface area contributed by atoms with Crippen molar-refractivity contribution in [1.82, 2.24) is 0 Å². The van der Waals surface area contributed by atoms with Crippen LogP contribution < -0.4 is 11.1 Å². The fourth-order valence-electron chi connectivity index (χ4n) is 1.69. The number of anilines is 1. The van der Waals surface area contributed by atoms with E-state index in [4.69, 9.17) is 10.5 Å². The largest absolute Gasteiger partial charge is 0.451 e. The smallest absolute Gasteiger partial charge is 0.349 e. The van der Waals surface area contributed by atoms with Crippen molar-refractivity contribution in [2.24, 2.45) is 5.73 Å². The predicted octanol–water partition coefficient (Wildman–Crippen LogP) is 1.95. The topological polar surface area (TPSA) is 98.5 Å². The standard InChI is InChI=1S/C15H14N2O4S/c1-9-6-7-22-13(9)15(20)21-8-12(18)17-11-4-2-10(3-5-11)14(16)19/h2-7H,8H2,1H3,(H2,16,19)(H,17,18). The van der Waals surface area contributed by atoms with Gasteiger partial charge in [-0.05, 0) is 48.2 Å². The molecule has 114 valence electrons. The Balaban J connectivity index is 1.86. The first-order chi connectivity index (χ1) is 10.5. The molecule has 0 aliphatic rings. The average Bonchev–Trinajstić information content (AvgIpc) is 2.91. The summed E-state index contributed by atoms with van der Waals surface area (Å²) in [6.07, 6.45) is 0. The summed E-state index contributed by atoms with van der Waals surface area (Å²) in [4.78, 5) is 34.9. The minimum atomic E-state index is -0.543. The Morgan fingerprint density at radius 2 is 1.86 bits per heavy atom. The molecule has 0 saturated heterocycles. The van der Waals surface area contributed by atoms with E-state index in [-0.39, 0.29) is 6.61 Å². The van der Waals surface area contributed by atoms with Gasteiger partial charge in [0.2, 0.25) is 5.91 Å². The number of nitrogens with one attached hydrogen (secondary N) is 1. The number of aryl methyl sites for hydroxylation is 1. The Labute approximate surface area is 130 Å². The second-order valence-corrected chi connectivity index (χ2v) is 5.41. The molecule has 0 aliphatic heterocycles. The van der Waals surface area contributed by atoms with E-state index in [1.807, 2.05) is 6.07 Å². The zero-order valence-corrected chi connectivity index (χ0v) is 12.6. The van der Waals surface area contributed by atoms with Gasteiger partial charge in [0.05, 0.1) is 0 Å². The van der Waals surface area contributed by atoms with Gasteiger partial charge in [-0.2, -0.15) is 0 Å². The molecule has 2 amide bonds. The number of primary amides is 1. The number of hydrogen-bond acceptors (Lipinski definition) is 5. The predicted molar refractivity (Wildman–Crippen MR) is 82.9 cm³/mol. The van der Waals surface area contributed by atoms with E-state index in [1.165, 1.54) is 23.5 Å². The van der Waals surface area contributed by atoms with Crippen molar-refractivity contribution in [2.75, 3.05) is 11.9 Å². The van der Waals surface area contributed by atoms with Crippen LogP contribution in [0.2, 0.25) is 0 Å². The maximum atomic E-state index is 11.8. The minimum Gasteiger partial charge on any atom is -0.451 e. The summed E-state index contributed by atoms with van der Waals surface area (Å²) < 4.78 is 4.95. The molecule has 6 nitrogen and oxygen atoms in total. The van der Waals surface area contributed by atoms with Crippen LogP contribution >= 0.6 is 11.3 Å². The van der Waals surface area contributed by atoms with Crippen LogP contribution in [0, 0.1) is 6.92 Å². The number of amides is 2. The van der Waals surface area contributed by atoms with Gasteiger partial charge >= 0.3 is 5.97 Å².